The molecule has 2 N–H and O–H groups in total. The molecule has 0 aliphatic heterocycles. The lowest BCUT2D eigenvalue weighted by atomic mass is 10.2. The zero-order chi connectivity index (χ0) is 17.8. The predicted octanol–water partition coefficient (Wildman–Crippen LogP) is 3.69. The standard InChI is InChI=1S/C19H17ClN2O3/c1-12(17-10-13-6-2-5-9-16(13)25-17)22-18(23)11-21-19(24)14-7-3-4-8-15(14)20/h2-10,12H,11H2,1H3,(H,21,24)(H,22,23)/t12-/m1/s1. The van der Waals surface area contributed by atoms with Crippen LogP contribution in [0.1, 0.15) is 29.1 Å². The second-order valence-electron chi connectivity index (χ2n) is 5.64. The fraction of sp³-hybridized carbons (Fsp3) is 0.158. The van der Waals surface area contributed by atoms with Gasteiger partial charge in [-0.05, 0) is 31.2 Å². The zero-order valence-corrected chi connectivity index (χ0v) is 14.3. The molecule has 25 heavy (non-hydrogen) atoms. The van der Waals surface area contributed by atoms with Crippen molar-refractivity contribution in [1.29, 1.82) is 0 Å². The van der Waals surface area contributed by atoms with E-state index in [1.807, 2.05) is 37.3 Å². The fourth-order valence-corrected chi connectivity index (χ4v) is 2.70. The Morgan fingerprint density at radius 3 is 2.60 bits per heavy atom. The summed E-state index contributed by atoms with van der Waals surface area (Å²) >= 11 is 5.96. The van der Waals surface area contributed by atoms with Crippen molar-refractivity contribution in [2.45, 2.75) is 13.0 Å². The van der Waals surface area contributed by atoms with E-state index in [4.69, 9.17) is 16.0 Å². The highest BCUT2D eigenvalue weighted by Gasteiger charge is 2.15. The van der Waals surface area contributed by atoms with Crippen LogP contribution in [0.15, 0.2) is 59.0 Å². The van der Waals surface area contributed by atoms with E-state index in [-0.39, 0.29) is 18.5 Å². The van der Waals surface area contributed by atoms with Gasteiger partial charge < -0.3 is 15.1 Å². The van der Waals surface area contributed by atoms with Gasteiger partial charge in [-0.2, -0.15) is 0 Å². The predicted molar refractivity (Wildman–Crippen MR) is 96.6 cm³/mol. The molecule has 5 nitrogen and oxygen atoms in total. The van der Waals surface area contributed by atoms with Crippen molar-refractivity contribution in [1.82, 2.24) is 10.6 Å². The van der Waals surface area contributed by atoms with Crippen LogP contribution in [0.25, 0.3) is 11.0 Å². The second-order valence-corrected chi connectivity index (χ2v) is 6.05. The van der Waals surface area contributed by atoms with Gasteiger partial charge in [-0.1, -0.05) is 41.9 Å². The average molecular weight is 357 g/mol. The number of fused-ring (bicyclic) bond motifs is 1. The van der Waals surface area contributed by atoms with Crippen LogP contribution in [0.2, 0.25) is 5.02 Å². The van der Waals surface area contributed by atoms with Crippen LogP contribution < -0.4 is 10.6 Å². The van der Waals surface area contributed by atoms with Crippen molar-refractivity contribution < 1.29 is 14.0 Å². The topological polar surface area (TPSA) is 71.3 Å². The van der Waals surface area contributed by atoms with Gasteiger partial charge in [-0.15, -0.1) is 0 Å². The SMILES string of the molecule is C[C@@H](NC(=O)CNC(=O)c1ccccc1Cl)c1cc2ccccc2o1. The van der Waals surface area contributed by atoms with Gasteiger partial charge >= 0.3 is 0 Å². The number of furan rings is 1. The fourth-order valence-electron chi connectivity index (χ4n) is 2.48. The maximum Gasteiger partial charge on any atom is 0.253 e. The van der Waals surface area contributed by atoms with E-state index >= 15 is 0 Å². The van der Waals surface area contributed by atoms with Crippen LogP contribution in [-0.2, 0) is 4.79 Å². The Bertz CT molecular complexity index is 887. The number of carbonyl (C=O) groups excluding carboxylic acids is 2. The molecule has 0 aliphatic rings. The summed E-state index contributed by atoms with van der Waals surface area (Å²) in [4.78, 5) is 24.1. The number of nitrogens with one attached hydrogen (secondary N) is 2. The highest BCUT2D eigenvalue weighted by molar-refractivity contribution is 6.33. The minimum atomic E-state index is -0.392. The van der Waals surface area contributed by atoms with Crippen LogP contribution in [-0.4, -0.2) is 18.4 Å². The highest BCUT2D eigenvalue weighted by Crippen LogP contribution is 2.23. The third-order valence-corrected chi connectivity index (χ3v) is 4.11. The van der Waals surface area contributed by atoms with Crippen molar-refractivity contribution >= 4 is 34.4 Å². The largest absolute Gasteiger partial charge is 0.459 e. The quantitative estimate of drug-likeness (QED) is 0.732. The molecule has 3 aromatic rings. The molecular formula is C19H17ClN2O3. The van der Waals surface area contributed by atoms with Crippen LogP contribution in [0, 0.1) is 0 Å². The Labute approximate surface area is 150 Å². The number of benzene rings is 2. The molecule has 6 heteroatoms. The molecule has 0 bridgehead atoms. The summed E-state index contributed by atoms with van der Waals surface area (Å²) in [6.07, 6.45) is 0. The average Bonchev–Trinajstić information content (AvgIpc) is 3.04. The number of carbonyl (C=O) groups is 2. The molecule has 1 atom stereocenters. The van der Waals surface area contributed by atoms with Gasteiger partial charge in [-0.25, -0.2) is 0 Å². The Morgan fingerprint density at radius 1 is 1.12 bits per heavy atom. The van der Waals surface area contributed by atoms with Gasteiger partial charge in [-0.3, -0.25) is 9.59 Å². The molecule has 2 aromatic carbocycles. The summed E-state index contributed by atoms with van der Waals surface area (Å²) in [6, 6.07) is 15.9. The molecule has 0 aliphatic carbocycles. The molecule has 2 amide bonds. The number of rotatable bonds is 5. The van der Waals surface area contributed by atoms with E-state index < -0.39 is 5.91 Å². The molecule has 0 saturated carbocycles. The minimum Gasteiger partial charge on any atom is -0.459 e. The van der Waals surface area contributed by atoms with Gasteiger partial charge in [0.05, 0.1) is 23.2 Å². The lowest BCUT2D eigenvalue weighted by Gasteiger charge is -2.12. The summed E-state index contributed by atoms with van der Waals surface area (Å²) in [7, 11) is 0. The van der Waals surface area contributed by atoms with Crippen LogP contribution in [0.5, 0.6) is 0 Å². The Kier molecular flexibility index (Phi) is 5.05. The van der Waals surface area contributed by atoms with Crippen molar-refractivity contribution in [2.24, 2.45) is 0 Å². The Hall–Kier alpha value is -2.79. The van der Waals surface area contributed by atoms with Crippen molar-refractivity contribution in [3.05, 3.63) is 70.9 Å². The maximum absolute atomic E-state index is 12.1. The van der Waals surface area contributed by atoms with E-state index in [1.54, 1.807) is 24.3 Å². The van der Waals surface area contributed by atoms with Crippen LogP contribution >= 0.6 is 11.6 Å². The molecule has 1 aromatic heterocycles. The first-order valence-corrected chi connectivity index (χ1v) is 8.23. The van der Waals surface area contributed by atoms with Crippen molar-refractivity contribution in [3.8, 4) is 0 Å². The minimum absolute atomic E-state index is 0.144. The number of hydrogen-bond donors (Lipinski definition) is 2. The summed E-state index contributed by atoms with van der Waals surface area (Å²) in [6.45, 7) is 1.68. The van der Waals surface area contributed by atoms with Crippen LogP contribution in [0.4, 0.5) is 0 Å². The number of halogens is 1. The number of hydrogen-bond acceptors (Lipinski definition) is 3. The molecule has 3 rings (SSSR count). The third kappa shape index (κ3) is 4.00. The van der Waals surface area contributed by atoms with Crippen molar-refractivity contribution in [2.75, 3.05) is 6.54 Å². The number of amides is 2. The maximum atomic E-state index is 12.1. The molecule has 128 valence electrons. The van der Waals surface area contributed by atoms with E-state index in [9.17, 15) is 9.59 Å². The molecular weight excluding hydrogens is 340 g/mol. The van der Waals surface area contributed by atoms with Crippen LogP contribution in [0.3, 0.4) is 0 Å². The van der Waals surface area contributed by atoms with Crippen molar-refractivity contribution in [3.63, 3.8) is 0 Å². The third-order valence-electron chi connectivity index (χ3n) is 3.78. The molecule has 0 radical (unpaired) electrons. The molecule has 0 spiro atoms. The summed E-state index contributed by atoms with van der Waals surface area (Å²) in [5.41, 5.74) is 1.10. The molecule has 1 heterocycles. The Balaban J connectivity index is 1.57. The van der Waals surface area contributed by atoms with E-state index in [2.05, 4.69) is 10.6 Å². The molecule has 0 saturated heterocycles. The zero-order valence-electron chi connectivity index (χ0n) is 13.6. The first kappa shape index (κ1) is 17.0. The summed E-state index contributed by atoms with van der Waals surface area (Å²) in [5, 5.41) is 6.68. The second kappa shape index (κ2) is 7.40. The van der Waals surface area contributed by atoms with Gasteiger partial charge in [0.25, 0.3) is 5.91 Å². The number of para-hydroxylation sites is 1. The lowest BCUT2D eigenvalue weighted by Crippen LogP contribution is -2.38. The van der Waals surface area contributed by atoms with Gasteiger partial charge in [0, 0.05) is 5.39 Å². The van der Waals surface area contributed by atoms with Gasteiger partial charge in [0.1, 0.15) is 11.3 Å². The lowest BCUT2D eigenvalue weighted by molar-refractivity contribution is -0.120. The first-order chi connectivity index (χ1) is 12.0. The van der Waals surface area contributed by atoms with E-state index in [0.717, 1.165) is 11.0 Å². The summed E-state index contributed by atoms with van der Waals surface area (Å²) < 4.78 is 5.72. The molecule has 0 fully saturated rings. The monoisotopic (exact) mass is 356 g/mol. The summed E-state index contributed by atoms with van der Waals surface area (Å²) in [5.74, 6) is -0.0440. The van der Waals surface area contributed by atoms with Gasteiger partial charge in [0.15, 0.2) is 0 Å². The molecule has 0 unspecified atom stereocenters. The smallest absolute Gasteiger partial charge is 0.253 e. The normalized spacial score (nSPS) is 11.9. The first-order valence-electron chi connectivity index (χ1n) is 7.85. The van der Waals surface area contributed by atoms with E-state index in [0.29, 0.717) is 16.3 Å². The highest BCUT2D eigenvalue weighted by atomic mass is 35.5. The van der Waals surface area contributed by atoms with Gasteiger partial charge in [0.2, 0.25) is 5.91 Å². The van der Waals surface area contributed by atoms with E-state index in [1.165, 1.54) is 0 Å². The Morgan fingerprint density at radius 2 is 1.84 bits per heavy atom.